The van der Waals surface area contributed by atoms with Crippen LogP contribution < -0.4 is 4.74 Å². The predicted octanol–water partition coefficient (Wildman–Crippen LogP) is 3.09. The molecule has 0 spiro atoms. The molecule has 0 unspecified atom stereocenters. The molecule has 0 atom stereocenters. The van der Waals surface area contributed by atoms with E-state index in [2.05, 4.69) is 0 Å². The zero-order chi connectivity index (χ0) is 9.84. The second kappa shape index (κ2) is 4.46. The van der Waals surface area contributed by atoms with Crippen LogP contribution in [-0.4, -0.2) is 12.9 Å². The van der Waals surface area contributed by atoms with E-state index in [1.807, 2.05) is 0 Å². The number of hydrogen-bond acceptors (Lipinski definition) is 2. The van der Waals surface area contributed by atoms with Crippen molar-refractivity contribution in [3.63, 3.8) is 0 Å². The number of rotatable bonds is 3. The van der Waals surface area contributed by atoms with Crippen molar-refractivity contribution in [2.45, 2.75) is 11.8 Å². The fourth-order valence-electron chi connectivity index (χ4n) is 0.973. The lowest BCUT2D eigenvalue weighted by Crippen LogP contribution is -1.97. The molecule has 0 N–H and O–H groups in total. The van der Waals surface area contributed by atoms with Crippen LogP contribution in [0, 0.1) is 11.6 Å². The average molecular weight is 204 g/mol. The third-order valence-corrected chi connectivity index (χ3v) is 2.23. The Bertz CT molecular complexity index is 302. The second-order valence-corrected chi connectivity index (χ2v) is 3.20. The molecular formula is C9H10F2OS. The molecule has 1 aromatic carbocycles. The first-order valence-corrected chi connectivity index (χ1v) is 5.07. The first kappa shape index (κ1) is 10.3. The van der Waals surface area contributed by atoms with E-state index in [1.165, 1.54) is 17.8 Å². The van der Waals surface area contributed by atoms with Crippen LogP contribution in [0.5, 0.6) is 5.75 Å². The average Bonchev–Trinajstić information content (AvgIpc) is 2.09. The Morgan fingerprint density at radius 1 is 1.38 bits per heavy atom. The summed E-state index contributed by atoms with van der Waals surface area (Å²) in [5, 5.41) is 0. The van der Waals surface area contributed by atoms with E-state index in [0.29, 0.717) is 11.5 Å². The van der Waals surface area contributed by atoms with Gasteiger partial charge in [-0.3, -0.25) is 0 Å². The molecule has 1 rings (SSSR count). The van der Waals surface area contributed by atoms with Crippen LogP contribution >= 0.6 is 11.8 Å². The monoisotopic (exact) mass is 204 g/mol. The zero-order valence-corrected chi connectivity index (χ0v) is 8.25. The zero-order valence-electron chi connectivity index (χ0n) is 7.43. The van der Waals surface area contributed by atoms with Crippen LogP contribution in [0.4, 0.5) is 8.78 Å². The normalized spacial score (nSPS) is 10.2. The summed E-state index contributed by atoms with van der Waals surface area (Å²) in [6, 6.07) is 2.09. The van der Waals surface area contributed by atoms with Gasteiger partial charge in [0, 0.05) is 6.07 Å². The Labute approximate surface area is 80.1 Å². The minimum Gasteiger partial charge on any atom is -0.490 e. The Kier molecular flexibility index (Phi) is 3.54. The van der Waals surface area contributed by atoms with Gasteiger partial charge >= 0.3 is 0 Å². The topological polar surface area (TPSA) is 9.23 Å². The van der Waals surface area contributed by atoms with Gasteiger partial charge in [0.1, 0.15) is 5.82 Å². The first-order valence-electron chi connectivity index (χ1n) is 3.84. The first-order chi connectivity index (χ1) is 6.19. The standard InChI is InChI=1S/C9H10F2OS/c1-3-12-9-7(11)4-6(10)5-8(9)13-2/h4-5H,3H2,1-2H3. The molecule has 0 heterocycles. The van der Waals surface area contributed by atoms with Crippen molar-refractivity contribution in [2.75, 3.05) is 12.9 Å². The van der Waals surface area contributed by atoms with E-state index in [9.17, 15) is 8.78 Å². The minimum absolute atomic E-state index is 0.136. The highest BCUT2D eigenvalue weighted by Crippen LogP contribution is 2.31. The van der Waals surface area contributed by atoms with Crippen molar-refractivity contribution in [2.24, 2.45) is 0 Å². The van der Waals surface area contributed by atoms with Crippen LogP contribution in [0.3, 0.4) is 0 Å². The van der Waals surface area contributed by atoms with Gasteiger partial charge in [-0.1, -0.05) is 0 Å². The van der Waals surface area contributed by atoms with Gasteiger partial charge in [0.05, 0.1) is 11.5 Å². The number of halogens is 2. The summed E-state index contributed by atoms with van der Waals surface area (Å²) < 4.78 is 30.9. The highest BCUT2D eigenvalue weighted by molar-refractivity contribution is 7.98. The molecule has 0 aliphatic rings. The smallest absolute Gasteiger partial charge is 0.169 e. The van der Waals surface area contributed by atoms with E-state index >= 15 is 0 Å². The van der Waals surface area contributed by atoms with Crippen molar-refractivity contribution >= 4 is 11.8 Å². The molecule has 0 bridgehead atoms. The molecule has 1 nitrogen and oxygen atoms in total. The molecule has 0 amide bonds. The summed E-state index contributed by atoms with van der Waals surface area (Å²) >= 11 is 1.26. The maximum atomic E-state index is 13.1. The van der Waals surface area contributed by atoms with Crippen LogP contribution in [0.15, 0.2) is 17.0 Å². The highest BCUT2D eigenvalue weighted by Gasteiger charge is 2.11. The Hall–Kier alpha value is -0.770. The predicted molar refractivity (Wildman–Crippen MR) is 49.3 cm³/mol. The SMILES string of the molecule is CCOc1c(F)cc(F)cc1SC. The Morgan fingerprint density at radius 2 is 2.08 bits per heavy atom. The van der Waals surface area contributed by atoms with Gasteiger partial charge in [-0.15, -0.1) is 11.8 Å². The third kappa shape index (κ3) is 2.34. The van der Waals surface area contributed by atoms with Gasteiger partial charge in [0.25, 0.3) is 0 Å². The van der Waals surface area contributed by atoms with Crippen molar-refractivity contribution in [1.82, 2.24) is 0 Å². The summed E-state index contributed by atoms with van der Waals surface area (Å²) in [4.78, 5) is 0.486. The Morgan fingerprint density at radius 3 is 2.62 bits per heavy atom. The maximum Gasteiger partial charge on any atom is 0.169 e. The van der Waals surface area contributed by atoms with Crippen LogP contribution in [0.25, 0.3) is 0 Å². The summed E-state index contributed by atoms with van der Waals surface area (Å²) in [5.41, 5.74) is 0. The van der Waals surface area contributed by atoms with Crippen molar-refractivity contribution in [3.05, 3.63) is 23.8 Å². The lowest BCUT2D eigenvalue weighted by Gasteiger charge is -2.08. The summed E-state index contributed by atoms with van der Waals surface area (Å²) in [6.45, 7) is 2.13. The molecule has 0 aliphatic heterocycles. The van der Waals surface area contributed by atoms with Crippen molar-refractivity contribution in [3.8, 4) is 5.75 Å². The van der Waals surface area contributed by atoms with Gasteiger partial charge in [-0.25, -0.2) is 8.78 Å². The molecular weight excluding hydrogens is 194 g/mol. The van der Waals surface area contributed by atoms with Crippen LogP contribution in [0.1, 0.15) is 6.92 Å². The fraction of sp³-hybridized carbons (Fsp3) is 0.333. The maximum absolute atomic E-state index is 13.1. The summed E-state index contributed by atoms with van der Waals surface area (Å²) in [7, 11) is 0. The van der Waals surface area contributed by atoms with Gasteiger partial charge in [0.15, 0.2) is 11.6 Å². The fourth-order valence-corrected chi connectivity index (χ4v) is 1.55. The molecule has 13 heavy (non-hydrogen) atoms. The number of thioether (sulfide) groups is 1. The molecule has 0 radical (unpaired) electrons. The lowest BCUT2D eigenvalue weighted by molar-refractivity contribution is 0.311. The van der Waals surface area contributed by atoms with Gasteiger partial charge in [-0.05, 0) is 19.2 Å². The number of benzene rings is 1. The number of hydrogen-bond donors (Lipinski definition) is 0. The molecule has 0 aromatic heterocycles. The van der Waals surface area contributed by atoms with Crippen molar-refractivity contribution in [1.29, 1.82) is 0 Å². The molecule has 0 aliphatic carbocycles. The van der Waals surface area contributed by atoms with E-state index in [1.54, 1.807) is 13.2 Å². The molecule has 72 valence electrons. The van der Waals surface area contributed by atoms with Gasteiger partial charge < -0.3 is 4.74 Å². The lowest BCUT2D eigenvalue weighted by atomic mass is 10.3. The van der Waals surface area contributed by atoms with Crippen LogP contribution in [-0.2, 0) is 0 Å². The highest BCUT2D eigenvalue weighted by atomic mass is 32.2. The van der Waals surface area contributed by atoms with E-state index < -0.39 is 11.6 Å². The van der Waals surface area contributed by atoms with Gasteiger partial charge in [0.2, 0.25) is 0 Å². The van der Waals surface area contributed by atoms with E-state index in [-0.39, 0.29) is 5.75 Å². The van der Waals surface area contributed by atoms with E-state index in [4.69, 9.17) is 4.74 Å². The summed E-state index contributed by atoms with van der Waals surface area (Å²) in [5.74, 6) is -1.09. The minimum atomic E-state index is -0.647. The largest absolute Gasteiger partial charge is 0.490 e. The van der Waals surface area contributed by atoms with E-state index in [0.717, 1.165) is 6.07 Å². The molecule has 1 aromatic rings. The molecule has 0 saturated heterocycles. The third-order valence-electron chi connectivity index (χ3n) is 1.48. The molecule has 4 heteroatoms. The van der Waals surface area contributed by atoms with Crippen molar-refractivity contribution < 1.29 is 13.5 Å². The molecule has 0 fully saturated rings. The Balaban J connectivity index is 3.13. The summed E-state index contributed by atoms with van der Waals surface area (Å²) in [6.07, 6.45) is 1.75. The number of ether oxygens (including phenoxy) is 1. The quantitative estimate of drug-likeness (QED) is 0.700. The second-order valence-electron chi connectivity index (χ2n) is 2.35. The molecule has 0 saturated carbocycles. The van der Waals surface area contributed by atoms with Gasteiger partial charge in [-0.2, -0.15) is 0 Å². The van der Waals surface area contributed by atoms with Crippen LogP contribution in [0.2, 0.25) is 0 Å².